The van der Waals surface area contributed by atoms with Crippen molar-refractivity contribution in [2.45, 2.75) is 26.9 Å². The molecule has 2 N–H and O–H groups in total. The van der Waals surface area contributed by atoms with E-state index in [2.05, 4.69) is 10.3 Å². The lowest BCUT2D eigenvalue weighted by Gasteiger charge is -2.08. The Balaban J connectivity index is 2.71. The first-order valence-corrected chi connectivity index (χ1v) is 6.70. The minimum absolute atomic E-state index is 0.0551. The molecular weight excluding hydrogens is 252 g/mol. The fourth-order valence-electron chi connectivity index (χ4n) is 1.31. The summed E-state index contributed by atoms with van der Waals surface area (Å²) in [5, 5.41) is 12.5. The molecule has 1 aromatic heterocycles. The van der Waals surface area contributed by atoms with Crippen LogP contribution in [-0.4, -0.2) is 36.3 Å². The van der Waals surface area contributed by atoms with E-state index in [1.165, 1.54) is 11.3 Å². The molecule has 0 aliphatic carbocycles. The SMILES string of the molecule is COC(C)c1nc(C)c(C(=O)NCC(C)CO)s1. The highest BCUT2D eigenvalue weighted by Crippen LogP contribution is 2.25. The predicted molar refractivity (Wildman–Crippen MR) is 70.9 cm³/mol. The number of aliphatic hydroxyl groups is 1. The number of methoxy groups -OCH3 is 1. The predicted octanol–water partition coefficient (Wildman–Crippen LogP) is 1.52. The molecular formula is C12H20N2O3S. The molecule has 0 aliphatic heterocycles. The summed E-state index contributed by atoms with van der Waals surface area (Å²) in [5.74, 6) is -0.0839. The van der Waals surface area contributed by atoms with Crippen LogP contribution >= 0.6 is 11.3 Å². The maximum absolute atomic E-state index is 11.9. The highest BCUT2D eigenvalue weighted by atomic mass is 32.1. The zero-order chi connectivity index (χ0) is 13.7. The molecule has 0 saturated carbocycles. The maximum atomic E-state index is 11.9. The van der Waals surface area contributed by atoms with E-state index in [4.69, 9.17) is 9.84 Å². The molecule has 0 aromatic carbocycles. The molecule has 1 heterocycles. The molecule has 0 bridgehead atoms. The Labute approximate surface area is 111 Å². The minimum Gasteiger partial charge on any atom is -0.396 e. The first-order chi connectivity index (χ1) is 8.49. The zero-order valence-electron chi connectivity index (χ0n) is 11.2. The van der Waals surface area contributed by atoms with Crippen molar-refractivity contribution in [3.63, 3.8) is 0 Å². The van der Waals surface area contributed by atoms with Gasteiger partial charge in [0.1, 0.15) is 16.0 Å². The average molecular weight is 272 g/mol. The van der Waals surface area contributed by atoms with Crippen LogP contribution in [0.3, 0.4) is 0 Å². The van der Waals surface area contributed by atoms with Gasteiger partial charge in [0.25, 0.3) is 5.91 Å². The Kier molecular flexibility index (Phi) is 5.71. The number of hydrogen-bond acceptors (Lipinski definition) is 5. The molecule has 0 saturated heterocycles. The fraction of sp³-hybridized carbons (Fsp3) is 0.667. The number of carbonyl (C=O) groups excluding carboxylic acids is 1. The number of carbonyl (C=O) groups is 1. The number of ether oxygens (including phenoxy) is 1. The Morgan fingerprint density at radius 3 is 2.78 bits per heavy atom. The van der Waals surface area contributed by atoms with E-state index in [0.717, 1.165) is 5.01 Å². The number of rotatable bonds is 6. The van der Waals surface area contributed by atoms with Crippen molar-refractivity contribution in [1.82, 2.24) is 10.3 Å². The van der Waals surface area contributed by atoms with Gasteiger partial charge in [-0.25, -0.2) is 4.98 Å². The van der Waals surface area contributed by atoms with Crippen LogP contribution in [0.4, 0.5) is 0 Å². The van der Waals surface area contributed by atoms with Gasteiger partial charge in [0.05, 0.1) is 5.69 Å². The molecule has 18 heavy (non-hydrogen) atoms. The molecule has 102 valence electrons. The lowest BCUT2D eigenvalue weighted by Crippen LogP contribution is -2.29. The van der Waals surface area contributed by atoms with Crippen LogP contribution in [0, 0.1) is 12.8 Å². The summed E-state index contributed by atoms with van der Waals surface area (Å²) in [5.41, 5.74) is 0.716. The maximum Gasteiger partial charge on any atom is 0.263 e. The molecule has 5 nitrogen and oxygen atoms in total. The van der Waals surface area contributed by atoms with Gasteiger partial charge in [-0.2, -0.15) is 0 Å². The van der Waals surface area contributed by atoms with Crippen molar-refractivity contribution in [1.29, 1.82) is 0 Å². The van der Waals surface area contributed by atoms with Crippen LogP contribution in [0.2, 0.25) is 0 Å². The van der Waals surface area contributed by atoms with E-state index < -0.39 is 0 Å². The van der Waals surface area contributed by atoms with Crippen LogP contribution in [0.15, 0.2) is 0 Å². The van der Waals surface area contributed by atoms with Crippen molar-refractivity contribution in [2.75, 3.05) is 20.3 Å². The van der Waals surface area contributed by atoms with Gasteiger partial charge in [-0.3, -0.25) is 4.79 Å². The molecule has 0 spiro atoms. The summed E-state index contributed by atoms with van der Waals surface area (Å²) < 4.78 is 5.18. The molecule has 1 rings (SSSR count). The third-order valence-corrected chi connectivity index (χ3v) is 3.96. The lowest BCUT2D eigenvalue weighted by molar-refractivity contribution is 0.0945. The van der Waals surface area contributed by atoms with E-state index in [-0.39, 0.29) is 24.5 Å². The van der Waals surface area contributed by atoms with Crippen LogP contribution in [0.5, 0.6) is 0 Å². The Morgan fingerprint density at radius 2 is 2.22 bits per heavy atom. The number of thiazole rings is 1. The normalized spacial score (nSPS) is 14.3. The summed E-state index contributed by atoms with van der Waals surface area (Å²) in [6.07, 6.45) is -0.105. The average Bonchev–Trinajstić information content (AvgIpc) is 2.76. The fourth-order valence-corrected chi connectivity index (χ4v) is 2.33. The molecule has 2 unspecified atom stereocenters. The largest absolute Gasteiger partial charge is 0.396 e. The standard InChI is InChI=1S/C12H20N2O3S/c1-7(6-15)5-13-11(16)10-8(2)14-12(18-10)9(3)17-4/h7,9,15H,5-6H2,1-4H3,(H,13,16). The van der Waals surface area contributed by atoms with Gasteiger partial charge in [-0.15, -0.1) is 11.3 Å². The van der Waals surface area contributed by atoms with E-state index in [9.17, 15) is 4.79 Å². The first-order valence-electron chi connectivity index (χ1n) is 5.88. The number of aliphatic hydroxyl groups excluding tert-OH is 1. The number of amides is 1. The molecule has 1 aromatic rings. The second-order valence-corrected chi connectivity index (χ2v) is 5.37. The quantitative estimate of drug-likeness (QED) is 0.823. The summed E-state index contributed by atoms with van der Waals surface area (Å²) in [4.78, 5) is 16.9. The van der Waals surface area contributed by atoms with Crippen molar-refractivity contribution in [2.24, 2.45) is 5.92 Å². The third-order valence-electron chi connectivity index (χ3n) is 2.64. The van der Waals surface area contributed by atoms with Crippen LogP contribution in [-0.2, 0) is 4.74 Å². The van der Waals surface area contributed by atoms with Crippen molar-refractivity contribution >= 4 is 17.2 Å². The van der Waals surface area contributed by atoms with E-state index in [0.29, 0.717) is 17.1 Å². The number of nitrogens with zero attached hydrogens (tertiary/aromatic N) is 1. The molecule has 1 amide bonds. The molecule has 0 radical (unpaired) electrons. The Morgan fingerprint density at radius 1 is 1.56 bits per heavy atom. The topological polar surface area (TPSA) is 71.5 Å². The second kappa shape index (κ2) is 6.82. The Bertz CT molecular complexity index is 406. The van der Waals surface area contributed by atoms with Crippen LogP contribution in [0.1, 0.15) is 40.3 Å². The van der Waals surface area contributed by atoms with Gasteiger partial charge in [-0.1, -0.05) is 6.92 Å². The van der Waals surface area contributed by atoms with Crippen LogP contribution < -0.4 is 5.32 Å². The van der Waals surface area contributed by atoms with Crippen molar-refractivity contribution < 1.29 is 14.6 Å². The smallest absolute Gasteiger partial charge is 0.263 e. The summed E-state index contributed by atoms with van der Waals surface area (Å²) in [6, 6.07) is 0. The van der Waals surface area contributed by atoms with Gasteiger partial charge >= 0.3 is 0 Å². The number of aryl methyl sites for hydroxylation is 1. The summed E-state index contributed by atoms with van der Waals surface area (Å²) in [7, 11) is 1.62. The number of hydrogen-bond donors (Lipinski definition) is 2. The lowest BCUT2D eigenvalue weighted by atomic mass is 10.2. The molecule has 2 atom stereocenters. The highest BCUT2D eigenvalue weighted by molar-refractivity contribution is 7.13. The third kappa shape index (κ3) is 3.76. The van der Waals surface area contributed by atoms with Crippen LogP contribution in [0.25, 0.3) is 0 Å². The number of nitrogens with one attached hydrogen (secondary N) is 1. The van der Waals surface area contributed by atoms with Gasteiger partial charge in [0.2, 0.25) is 0 Å². The molecule has 0 fully saturated rings. The molecule has 6 heteroatoms. The number of aromatic nitrogens is 1. The first kappa shape index (κ1) is 15.1. The second-order valence-electron chi connectivity index (χ2n) is 4.34. The monoisotopic (exact) mass is 272 g/mol. The van der Waals surface area contributed by atoms with E-state index in [1.54, 1.807) is 7.11 Å². The van der Waals surface area contributed by atoms with Crippen molar-refractivity contribution in [3.8, 4) is 0 Å². The van der Waals surface area contributed by atoms with Crippen molar-refractivity contribution in [3.05, 3.63) is 15.6 Å². The summed E-state index contributed by atoms with van der Waals surface area (Å²) in [6.45, 7) is 6.11. The molecule has 0 aliphatic rings. The van der Waals surface area contributed by atoms with Gasteiger partial charge in [0, 0.05) is 20.3 Å². The van der Waals surface area contributed by atoms with Gasteiger partial charge in [-0.05, 0) is 19.8 Å². The summed E-state index contributed by atoms with van der Waals surface area (Å²) >= 11 is 1.35. The Hall–Kier alpha value is -0.980. The highest BCUT2D eigenvalue weighted by Gasteiger charge is 2.18. The van der Waals surface area contributed by atoms with E-state index >= 15 is 0 Å². The zero-order valence-corrected chi connectivity index (χ0v) is 12.0. The van der Waals surface area contributed by atoms with Gasteiger partial charge in [0.15, 0.2) is 0 Å². The van der Waals surface area contributed by atoms with Gasteiger partial charge < -0.3 is 15.2 Å². The van der Waals surface area contributed by atoms with E-state index in [1.807, 2.05) is 20.8 Å². The minimum atomic E-state index is -0.139.